The summed E-state index contributed by atoms with van der Waals surface area (Å²) in [6.07, 6.45) is 1.62. The van der Waals surface area contributed by atoms with Gasteiger partial charge >= 0.3 is 0 Å². The number of nitrogens with zero attached hydrogens (tertiary/aromatic N) is 3. The van der Waals surface area contributed by atoms with Crippen molar-refractivity contribution in [2.75, 3.05) is 26.2 Å². The van der Waals surface area contributed by atoms with Crippen LogP contribution in [0, 0.1) is 0 Å². The molecule has 1 aliphatic rings. The lowest BCUT2D eigenvalue weighted by atomic mass is 10.1. The maximum Gasteiger partial charge on any atom is 0.270 e. The second-order valence-electron chi connectivity index (χ2n) is 8.04. The highest BCUT2D eigenvalue weighted by molar-refractivity contribution is 5.98. The van der Waals surface area contributed by atoms with Crippen molar-refractivity contribution in [2.24, 2.45) is 0 Å². The fourth-order valence-electron chi connectivity index (χ4n) is 4.00. The van der Waals surface area contributed by atoms with E-state index < -0.39 is 0 Å². The lowest BCUT2D eigenvalue weighted by molar-refractivity contribution is -0.137. The minimum Gasteiger partial charge on any atom is -0.484 e. The Labute approximate surface area is 181 Å². The Morgan fingerprint density at radius 2 is 1.97 bits per heavy atom. The number of benzene rings is 1. The highest BCUT2D eigenvalue weighted by atomic mass is 16.5. The first-order valence-corrected chi connectivity index (χ1v) is 10.4. The summed E-state index contributed by atoms with van der Waals surface area (Å²) >= 11 is 0. The van der Waals surface area contributed by atoms with Crippen LogP contribution in [0.4, 0.5) is 0 Å². The molecule has 1 saturated heterocycles. The number of para-hydroxylation sites is 1. The number of furan rings is 1. The van der Waals surface area contributed by atoms with Crippen molar-refractivity contribution in [3.63, 3.8) is 0 Å². The average Bonchev–Trinajstić information content (AvgIpc) is 3.34. The number of hydrogen-bond acceptors (Lipinski definition) is 4. The minimum absolute atomic E-state index is 0.0137. The van der Waals surface area contributed by atoms with Crippen molar-refractivity contribution in [1.29, 1.82) is 0 Å². The molecule has 1 unspecified atom stereocenters. The molecular formula is C24H27N3O4. The molecule has 0 radical (unpaired) electrons. The number of hydrogen-bond donors (Lipinski definition) is 0. The van der Waals surface area contributed by atoms with Crippen LogP contribution in [0.25, 0.3) is 11.1 Å². The molecule has 4 rings (SSSR count). The molecule has 0 saturated carbocycles. The molecule has 162 valence electrons. The van der Waals surface area contributed by atoms with Crippen LogP contribution >= 0.6 is 0 Å². The molecule has 7 nitrogen and oxygen atoms in total. The Morgan fingerprint density at radius 3 is 2.68 bits per heavy atom. The van der Waals surface area contributed by atoms with E-state index in [0.29, 0.717) is 43.3 Å². The maximum atomic E-state index is 13.3. The molecule has 1 aliphatic heterocycles. The average molecular weight is 421 g/mol. The second-order valence-corrected chi connectivity index (χ2v) is 8.04. The topological polar surface area (TPSA) is 67.9 Å². The zero-order valence-electron chi connectivity index (χ0n) is 17.9. The minimum atomic E-state index is -0.0999. The van der Waals surface area contributed by atoms with E-state index in [2.05, 4.69) is 6.58 Å². The number of allylic oxidation sites excluding steroid dienone is 1. The van der Waals surface area contributed by atoms with E-state index in [-0.39, 0.29) is 24.5 Å². The zero-order valence-corrected chi connectivity index (χ0v) is 17.9. The normalized spacial score (nSPS) is 16.5. The Balaban J connectivity index is 1.42. The quantitative estimate of drug-likeness (QED) is 0.571. The van der Waals surface area contributed by atoms with Gasteiger partial charge in [0.05, 0.1) is 6.26 Å². The third-order valence-electron chi connectivity index (χ3n) is 5.49. The first kappa shape index (κ1) is 20.8. The molecule has 31 heavy (non-hydrogen) atoms. The largest absolute Gasteiger partial charge is 0.484 e. The van der Waals surface area contributed by atoms with Crippen LogP contribution in [0.2, 0.25) is 0 Å². The number of aromatic nitrogens is 1. The predicted molar refractivity (Wildman–Crippen MR) is 118 cm³/mol. The van der Waals surface area contributed by atoms with Crippen molar-refractivity contribution in [3.8, 4) is 5.75 Å². The number of piperazine rings is 1. The van der Waals surface area contributed by atoms with Crippen LogP contribution in [-0.4, -0.2) is 58.5 Å². The van der Waals surface area contributed by atoms with Gasteiger partial charge in [-0.25, -0.2) is 0 Å². The van der Waals surface area contributed by atoms with Gasteiger partial charge in [-0.05, 0) is 38.1 Å². The van der Waals surface area contributed by atoms with Gasteiger partial charge in [0.15, 0.2) is 6.61 Å². The monoisotopic (exact) mass is 421 g/mol. The van der Waals surface area contributed by atoms with Gasteiger partial charge in [0, 0.05) is 37.6 Å². The summed E-state index contributed by atoms with van der Waals surface area (Å²) in [6.45, 7) is 9.77. The van der Waals surface area contributed by atoms with E-state index in [1.807, 2.05) is 60.9 Å². The third kappa shape index (κ3) is 4.35. The van der Waals surface area contributed by atoms with E-state index >= 15 is 0 Å². The third-order valence-corrected chi connectivity index (χ3v) is 5.49. The van der Waals surface area contributed by atoms with Crippen molar-refractivity contribution < 1.29 is 18.7 Å². The smallest absolute Gasteiger partial charge is 0.270 e. The van der Waals surface area contributed by atoms with Crippen molar-refractivity contribution in [2.45, 2.75) is 26.4 Å². The molecule has 1 aromatic carbocycles. The van der Waals surface area contributed by atoms with Gasteiger partial charge < -0.3 is 23.5 Å². The molecule has 0 spiro atoms. The summed E-state index contributed by atoms with van der Waals surface area (Å²) in [4.78, 5) is 29.6. The molecular weight excluding hydrogens is 394 g/mol. The number of carbonyl (C=O) groups excluding carboxylic acids is 2. The van der Waals surface area contributed by atoms with Crippen LogP contribution < -0.4 is 4.74 Å². The standard InChI is InChI=1S/C24H27N3O4/c1-17(2)14-27-21(13-19-9-12-30-24(19)27)23(29)25-10-11-26(18(3)15-25)22(28)16-31-20-7-5-4-6-8-20/h4-9,12-13,18H,1,10-11,14-16H2,2-3H3. The van der Waals surface area contributed by atoms with Crippen LogP contribution in [0.1, 0.15) is 24.3 Å². The fourth-order valence-corrected chi connectivity index (χ4v) is 4.00. The Kier molecular flexibility index (Phi) is 5.84. The van der Waals surface area contributed by atoms with Crippen molar-refractivity contribution >= 4 is 22.9 Å². The molecule has 3 heterocycles. The molecule has 1 fully saturated rings. The SMILES string of the molecule is C=C(C)Cn1c(C(=O)N2CCN(C(=O)COc3ccccc3)C(C)C2)cc2ccoc21. The summed E-state index contributed by atoms with van der Waals surface area (Å²) in [5, 5.41) is 0.893. The molecule has 1 atom stereocenters. The van der Waals surface area contributed by atoms with E-state index in [0.717, 1.165) is 11.0 Å². The highest BCUT2D eigenvalue weighted by Crippen LogP contribution is 2.24. The van der Waals surface area contributed by atoms with E-state index in [4.69, 9.17) is 9.15 Å². The number of ether oxygens (including phenoxy) is 1. The summed E-state index contributed by atoms with van der Waals surface area (Å²) in [5.41, 5.74) is 2.19. The van der Waals surface area contributed by atoms with Gasteiger partial charge in [0.25, 0.3) is 11.8 Å². The summed E-state index contributed by atoms with van der Waals surface area (Å²) in [6, 6.07) is 12.9. The number of amides is 2. The van der Waals surface area contributed by atoms with Gasteiger partial charge in [0.2, 0.25) is 5.71 Å². The maximum absolute atomic E-state index is 13.3. The van der Waals surface area contributed by atoms with E-state index in [1.165, 1.54) is 0 Å². The van der Waals surface area contributed by atoms with Crippen LogP contribution in [0.5, 0.6) is 5.75 Å². The predicted octanol–water partition coefficient (Wildman–Crippen LogP) is 3.56. The summed E-state index contributed by atoms with van der Waals surface area (Å²) < 4.78 is 13.1. The lowest BCUT2D eigenvalue weighted by Gasteiger charge is -2.39. The number of rotatable bonds is 6. The van der Waals surface area contributed by atoms with Gasteiger partial charge in [-0.3, -0.25) is 9.59 Å². The Bertz CT molecular complexity index is 1100. The first-order chi connectivity index (χ1) is 14.9. The van der Waals surface area contributed by atoms with E-state index in [9.17, 15) is 9.59 Å². The van der Waals surface area contributed by atoms with Gasteiger partial charge in [-0.15, -0.1) is 0 Å². The van der Waals surface area contributed by atoms with Gasteiger partial charge in [-0.2, -0.15) is 0 Å². The zero-order chi connectivity index (χ0) is 22.0. The highest BCUT2D eigenvalue weighted by Gasteiger charge is 2.32. The molecule has 3 aromatic rings. The van der Waals surface area contributed by atoms with Crippen LogP contribution in [0.3, 0.4) is 0 Å². The lowest BCUT2D eigenvalue weighted by Crippen LogP contribution is -2.56. The summed E-state index contributed by atoms with van der Waals surface area (Å²) in [5.74, 6) is 0.527. The number of fused-ring (bicyclic) bond motifs is 1. The number of carbonyl (C=O) groups is 2. The first-order valence-electron chi connectivity index (χ1n) is 10.4. The Hall–Kier alpha value is -3.48. The van der Waals surface area contributed by atoms with Crippen LogP contribution in [0.15, 0.2) is 65.3 Å². The van der Waals surface area contributed by atoms with Crippen molar-refractivity contribution in [1.82, 2.24) is 14.4 Å². The molecule has 0 N–H and O–H groups in total. The molecule has 0 bridgehead atoms. The van der Waals surface area contributed by atoms with Crippen molar-refractivity contribution in [3.05, 3.63) is 66.6 Å². The molecule has 7 heteroatoms. The Morgan fingerprint density at radius 1 is 1.19 bits per heavy atom. The van der Waals surface area contributed by atoms with E-state index in [1.54, 1.807) is 16.1 Å². The molecule has 2 aromatic heterocycles. The molecule has 0 aliphatic carbocycles. The van der Waals surface area contributed by atoms with Gasteiger partial charge in [0.1, 0.15) is 11.4 Å². The molecule has 2 amide bonds. The second kappa shape index (κ2) is 8.71. The van der Waals surface area contributed by atoms with Gasteiger partial charge in [-0.1, -0.05) is 30.4 Å². The summed E-state index contributed by atoms with van der Waals surface area (Å²) in [7, 11) is 0. The fraction of sp³-hybridized carbons (Fsp3) is 0.333. The van der Waals surface area contributed by atoms with Crippen LogP contribution in [-0.2, 0) is 11.3 Å².